The zero-order valence-electron chi connectivity index (χ0n) is 19.8. The third-order valence-corrected chi connectivity index (χ3v) is 4.65. The van der Waals surface area contributed by atoms with Crippen LogP contribution in [0.15, 0.2) is 0 Å². The Hall–Kier alpha value is -0.610. The first-order valence-corrected chi connectivity index (χ1v) is 11.5. The molecule has 0 aliphatic heterocycles. The van der Waals surface area contributed by atoms with Gasteiger partial charge in [0.05, 0.1) is 23.4 Å². The van der Waals surface area contributed by atoms with E-state index in [-0.39, 0.29) is 29.8 Å². The lowest BCUT2D eigenvalue weighted by Crippen LogP contribution is -2.41. The van der Waals surface area contributed by atoms with Crippen molar-refractivity contribution in [2.24, 2.45) is 0 Å². The van der Waals surface area contributed by atoms with Crippen LogP contribution < -0.4 is 0 Å². The minimum Gasteiger partial charge on any atom is -0.481 e. The smallest absolute Gasteiger partial charge is 0.303 e. The van der Waals surface area contributed by atoms with Gasteiger partial charge in [-0.15, -0.1) is 0 Å². The molecule has 0 aromatic heterocycles. The molecule has 0 amide bonds. The monoisotopic (exact) mass is 400 g/mol. The van der Waals surface area contributed by atoms with E-state index in [9.17, 15) is 4.79 Å². The maximum Gasteiger partial charge on any atom is 0.303 e. The standard InChI is InChI=1S/C24H48O4/c1-8-9-10-14-17-20(27-23(2,3)4)21(28-24(5,6)7)18-15-12-11-13-16-19-22(25)26/h20-21H,8-19H2,1-7H3,(H,25,26). The number of hydrogen-bond donors (Lipinski definition) is 1. The number of carboxylic acids is 1. The molecule has 0 heterocycles. The first-order chi connectivity index (χ1) is 12.9. The average molecular weight is 401 g/mol. The maximum absolute atomic E-state index is 10.6. The second kappa shape index (κ2) is 14.4. The van der Waals surface area contributed by atoms with Crippen LogP contribution in [-0.2, 0) is 14.3 Å². The SMILES string of the molecule is CCCCCCC(OC(C)(C)C)C(CCCCCCCC(=O)O)OC(C)(C)C. The van der Waals surface area contributed by atoms with Gasteiger partial charge >= 0.3 is 5.97 Å². The van der Waals surface area contributed by atoms with Crippen LogP contribution in [0, 0.1) is 0 Å². The summed E-state index contributed by atoms with van der Waals surface area (Å²) >= 11 is 0. The molecule has 0 aliphatic rings. The largest absolute Gasteiger partial charge is 0.481 e. The summed E-state index contributed by atoms with van der Waals surface area (Å²) in [6.07, 6.45) is 12.7. The fourth-order valence-electron chi connectivity index (χ4n) is 3.47. The highest BCUT2D eigenvalue weighted by Gasteiger charge is 2.30. The molecule has 0 aromatic rings. The summed E-state index contributed by atoms with van der Waals surface area (Å²) in [5.41, 5.74) is -0.360. The highest BCUT2D eigenvalue weighted by molar-refractivity contribution is 5.66. The molecule has 0 aliphatic carbocycles. The van der Waals surface area contributed by atoms with E-state index >= 15 is 0 Å². The van der Waals surface area contributed by atoms with Gasteiger partial charge in [0.25, 0.3) is 0 Å². The Labute approximate surface area is 174 Å². The Kier molecular flexibility index (Phi) is 14.1. The van der Waals surface area contributed by atoms with Crippen molar-refractivity contribution >= 4 is 5.97 Å². The number of unbranched alkanes of at least 4 members (excludes halogenated alkanes) is 7. The molecule has 0 aromatic carbocycles. The number of aliphatic carboxylic acids is 1. The summed E-state index contributed by atoms with van der Waals surface area (Å²) < 4.78 is 12.9. The Balaban J connectivity index is 4.69. The molecule has 0 fully saturated rings. The molecule has 4 nitrogen and oxygen atoms in total. The quantitative estimate of drug-likeness (QED) is 0.280. The van der Waals surface area contributed by atoms with Crippen LogP contribution in [0.5, 0.6) is 0 Å². The summed E-state index contributed by atoms with van der Waals surface area (Å²) in [4.78, 5) is 10.6. The fraction of sp³-hybridized carbons (Fsp3) is 0.958. The second-order valence-electron chi connectivity index (χ2n) is 10.1. The Morgan fingerprint density at radius 2 is 1.11 bits per heavy atom. The fourth-order valence-corrected chi connectivity index (χ4v) is 3.47. The van der Waals surface area contributed by atoms with Crippen LogP contribution in [0.25, 0.3) is 0 Å². The zero-order valence-corrected chi connectivity index (χ0v) is 19.8. The maximum atomic E-state index is 10.6. The van der Waals surface area contributed by atoms with Crippen LogP contribution in [0.2, 0.25) is 0 Å². The molecule has 0 spiro atoms. The van der Waals surface area contributed by atoms with Crippen LogP contribution in [0.1, 0.15) is 126 Å². The van der Waals surface area contributed by atoms with Gasteiger partial charge in [-0.25, -0.2) is 0 Å². The zero-order chi connectivity index (χ0) is 21.6. The number of rotatable bonds is 16. The molecular formula is C24H48O4. The lowest BCUT2D eigenvalue weighted by molar-refractivity contribution is -0.167. The van der Waals surface area contributed by atoms with Crippen LogP contribution in [0.3, 0.4) is 0 Å². The van der Waals surface area contributed by atoms with Crippen LogP contribution in [-0.4, -0.2) is 34.5 Å². The summed E-state index contributed by atoms with van der Waals surface area (Å²) in [5, 5.41) is 8.73. The van der Waals surface area contributed by atoms with Crippen molar-refractivity contribution in [2.45, 2.75) is 149 Å². The number of carboxylic acid groups (broad SMARTS) is 1. The summed E-state index contributed by atoms with van der Waals surface area (Å²) in [6.45, 7) is 15.0. The summed E-state index contributed by atoms with van der Waals surface area (Å²) in [7, 11) is 0. The van der Waals surface area contributed by atoms with E-state index in [1.807, 2.05) is 0 Å². The van der Waals surface area contributed by atoms with E-state index in [2.05, 4.69) is 48.5 Å². The predicted molar refractivity (Wildman–Crippen MR) is 118 cm³/mol. The Morgan fingerprint density at radius 1 is 0.714 bits per heavy atom. The van der Waals surface area contributed by atoms with Gasteiger partial charge in [0.1, 0.15) is 0 Å². The molecule has 0 rings (SSSR count). The van der Waals surface area contributed by atoms with Gasteiger partial charge in [0.15, 0.2) is 0 Å². The predicted octanol–water partition coefficient (Wildman–Crippen LogP) is 7.14. The van der Waals surface area contributed by atoms with Gasteiger partial charge in [0.2, 0.25) is 0 Å². The molecule has 0 bridgehead atoms. The van der Waals surface area contributed by atoms with Crippen molar-refractivity contribution in [2.75, 3.05) is 0 Å². The molecule has 4 heteroatoms. The Morgan fingerprint density at radius 3 is 1.50 bits per heavy atom. The minimum atomic E-state index is -0.691. The minimum absolute atomic E-state index is 0.111. The van der Waals surface area contributed by atoms with Gasteiger partial charge in [-0.2, -0.15) is 0 Å². The third-order valence-electron chi connectivity index (χ3n) is 4.65. The van der Waals surface area contributed by atoms with E-state index in [4.69, 9.17) is 14.6 Å². The lowest BCUT2D eigenvalue weighted by Gasteiger charge is -2.37. The highest BCUT2D eigenvalue weighted by atomic mass is 16.6. The molecule has 168 valence electrons. The number of hydrogen-bond acceptors (Lipinski definition) is 3. The van der Waals surface area contributed by atoms with E-state index in [0.29, 0.717) is 0 Å². The van der Waals surface area contributed by atoms with Crippen molar-refractivity contribution in [1.82, 2.24) is 0 Å². The number of ether oxygens (including phenoxy) is 2. The third kappa shape index (κ3) is 17.5. The van der Waals surface area contributed by atoms with E-state index in [1.165, 1.54) is 25.7 Å². The molecule has 2 unspecified atom stereocenters. The van der Waals surface area contributed by atoms with Crippen molar-refractivity contribution in [1.29, 1.82) is 0 Å². The summed E-state index contributed by atoms with van der Waals surface area (Å²) in [6, 6.07) is 0. The second-order valence-corrected chi connectivity index (χ2v) is 10.1. The normalized spacial score (nSPS) is 14.8. The van der Waals surface area contributed by atoms with E-state index in [0.717, 1.165) is 44.9 Å². The first kappa shape index (κ1) is 27.4. The van der Waals surface area contributed by atoms with Crippen LogP contribution in [0.4, 0.5) is 0 Å². The van der Waals surface area contributed by atoms with E-state index < -0.39 is 5.97 Å². The molecule has 1 N–H and O–H groups in total. The van der Waals surface area contributed by atoms with Gasteiger partial charge < -0.3 is 14.6 Å². The Bertz CT molecular complexity index is 392. The van der Waals surface area contributed by atoms with Crippen LogP contribution >= 0.6 is 0 Å². The van der Waals surface area contributed by atoms with Crippen molar-refractivity contribution in [3.05, 3.63) is 0 Å². The van der Waals surface area contributed by atoms with Gasteiger partial charge in [-0.05, 0) is 60.8 Å². The van der Waals surface area contributed by atoms with Crippen molar-refractivity contribution < 1.29 is 19.4 Å². The highest BCUT2D eigenvalue weighted by Crippen LogP contribution is 2.27. The average Bonchev–Trinajstić information content (AvgIpc) is 2.53. The molecule has 2 atom stereocenters. The van der Waals surface area contributed by atoms with Crippen molar-refractivity contribution in [3.63, 3.8) is 0 Å². The molecule has 0 saturated carbocycles. The van der Waals surface area contributed by atoms with Gasteiger partial charge in [-0.1, -0.05) is 58.3 Å². The van der Waals surface area contributed by atoms with Gasteiger partial charge in [-0.3, -0.25) is 4.79 Å². The molecule has 28 heavy (non-hydrogen) atoms. The molecular weight excluding hydrogens is 352 g/mol. The summed E-state index contributed by atoms with van der Waals surface area (Å²) in [5.74, 6) is -0.691. The van der Waals surface area contributed by atoms with Gasteiger partial charge in [0, 0.05) is 6.42 Å². The topological polar surface area (TPSA) is 55.8 Å². The molecule has 0 radical (unpaired) electrons. The first-order valence-electron chi connectivity index (χ1n) is 11.5. The molecule has 0 saturated heterocycles. The van der Waals surface area contributed by atoms with Crippen molar-refractivity contribution in [3.8, 4) is 0 Å². The van der Waals surface area contributed by atoms with E-state index in [1.54, 1.807) is 0 Å². The lowest BCUT2D eigenvalue weighted by atomic mass is 9.97. The number of carbonyl (C=O) groups is 1.